The largest absolute Gasteiger partial charge is 0.495 e. The summed E-state index contributed by atoms with van der Waals surface area (Å²) in [7, 11) is 1.50. The summed E-state index contributed by atoms with van der Waals surface area (Å²) >= 11 is 7.38. The van der Waals surface area contributed by atoms with Crippen LogP contribution in [0, 0.1) is 22.9 Å². The van der Waals surface area contributed by atoms with Crippen molar-refractivity contribution in [2.24, 2.45) is 0 Å². The van der Waals surface area contributed by atoms with Crippen molar-refractivity contribution in [1.29, 1.82) is 0 Å². The monoisotopic (exact) mass is 422 g/mol. The van der Waals surface area contributed by atoms with Gasteiger partial charge in [-0.05, 0) is 48.9 Å². The van der Waals surface area contributed by atoms with Gasteiger partial charge in [0.25, 0.3) is 0 Å². The molecule has 0 aliphatic heterocycles. The van der Waals surface area contributed by atoms with E-state index >= 15 is 0 Å². The highest BCUT2D eigenvalue weighted by atomic mass is 35.5. The molecular formula is C18H16ClFN4O3S. The van der Waals surface area contributed by atoms with E-state index in [1.807, 2.05) is 0 Å². The minimum absolute atomic E-state index is 0.331. The molecule has 0 fully saturated rings. The number of hydrogen-bond donors (Lipinski definition) is 0. The number of benzene rings is 2. The number of ether oxygens (including phenoxy) is 1. The quantitative estimate of drug-likeness (QED) is 0.317. The van der Waals surface area contributed by atoms with E-state index in [1.165, 1.54) is 31.0 Å². The minimum Gasteiger partial charge on any atom is -0.495 e. The first-order chi connectivity index (χ1) is 13.4. The maximum atomic E-state index is 13.3. The normalized spacial score (nSPS) is 12.0. The molecule has 0 radical (unpaired) electrons. The van der Waals surface area contributed by atoms with Crippen LogP contribution in [-0.4, -0.2) is 33.3 Å². The first kappa shape index (κ1) is 20.1. The van der Waals surface area contributed by atoms with E-state index in [9.17, 15) is 14.5 Å². The Hall–Kier alpha value is -2.65. The molecule has 0 spiro atoms. The van der Waals surface area contributed by atoms with Gasteiger partial charge in [0.15, 0.2) is 5.16 Å². The number of nitro groups is 1. The molecule has 146 valence electrons. The number of nitrogens with zero attached hydrogens (tertiary/aromatic N) is 4. The summed E-state index contributed by atoms with van der Waals surface area (Å²) in [6.45, 7) is 1.43. The first-order valence-electron chi connectivity index (χ1n) is 8.19. The van der Waals surface area contributed by atoms with Crippen molar-refractivity contribution in [2.45, 2.75) is 17.3 Å². The third kappa shape index (κ3) is 4.42. The second kappa shape index (κ2) is 8.57. The van der Waals surface area contributed by atoms with Gasteiger partial charge in [-0.1, -0.05) is 29.4 Å². The fraction of sp³-hybridized carbons (Fsp3) is 0.222. The zero-order valence-electron chi connectivity index (χ0n) is 15.0. The Balaban J connectivity index is 1.97. The number of rotatable bonds is 7. The smallest absolute Gasteiger partial charge is 0.220 e. The molecule has 3 rings (SSSR count). The van der Waals surface area contributed by atoms with Crippen molar-refractivity contribution in [3.63, 3.8) is 0 Å². The molecule has 0 saturated heterocycles. The van der Waals surface area contributed by atoms with E-state index < -0.39 is 5.25 Å². The van der Waals surface area contributed by atoms with Crippen LogP contribution < -0.4 is 4.74 Å². The maximum absolute atomic E-state index is 13.3. The maximum Gasteiger partial charge on any atom is 0.220 e. The first-order valence-corrected chi connectivity index (χ1v) is 9.44. The van der Waals surface area contributed by atoms with Crippen LogP contribution in [0.15, 0.2) is 47.6 Å². The molecule has 0 saturated carbocycles. The number of methoxy groups -OCH3 is 1. The molecule has 2 aromatic carbocycles. The Bertz CT molecular complexity index is 997. The summed E-state index contributed by atoms with van der Waals surface area (Å²) in [6, 6.07) is 10.9. The molecule has 7 nitrogen and oxygen atoms in total. The average molecular weight is 423 g/mol. The summed E-state index contributed by atoms with van der Waals surface area (Å²) in [6.07, 6.45) is 0. The summed E-state index contributed by atoms with van der Waals surface area (Å²) in [5.74, 6) is 0.713. The lowest BCUT2D eigenvalue weighted by Crippen LogP contribution is -2.11. The summed E-state index contributed by atoms with van der Waals surface area (Å²) < 4.78 is 20.1. The third-order valence-electron chi connectivity index (χ3n) is 3.99. The number of aromatic nitrogens is 3. The molecule has 3 aromatic rings. The molecular weight excluding hydrogens is 407 g/mol. The van der Waals surface area contributed by atoms with Crippen molar-refractivity contribution >= 4 is 23.4 Å². The Morgan fingerprint density at radius 1 is 1.29 bits per heavy atom. The van der Waals surface area contributed by atoms with Crippen LogP contribution in [0.4, 0.5) is 4.39 Å². The molecule has 0 amide bonds. The van der Waals surface area contributed by atoms with Gasteiger partial charge in [0.1, 0.15) is 22.6 Å². The Labute approximate surface area is 169 Å². The molecule has 1 atom stereocenters. The van der Waals surface area contributed by atoms with E-state index in [4.69, 9.17) is 16.3 Å². The van der Waals surface area contributed by atoms with Crippen molar-refractivity contribution in [2.75, 3.05) is 13.7 Å². The van der Waals surface area contributed by atoms with Crippen molar-refractivity contribution < 1.29 is 14.1 Å². The van der Waals surface area contributed by atoms with Crippen LogP contribution in [0.25, 0.3) is 5.69 Å². The van der Waals surface area contributed by atoms with Gasteiger partial charge in [-0.15, -0.1) is 10.2 Å². The van der Waals surface area contributed by atoms with Crippen LogP contribution in [0.3, 0.4) is 0 Å². The van der Waals surface area contributed by atoms with Crippen LogP contribution in [0.2, 0.25) is 5.02 Å². The van der Waals surface area contributed by atoms with E-state index in [0.29, 0.717) is 33.0 Å². The van der Waals surface area contributed by atoms with Gasteiger partial charge in [0.05, 0.1) is 12.1 Å². The lowest BCUT2D eigenvalue weighted by atomic mass is 10.1. The zero-order valence-corrected chi connectivity index (χ0v) is 16.6. The molecule has 0 unspecified atom stereocenters. The van der Waals surface area contributed by atoms with Gasteiger partial charge in [0.2, 0.25) is 6.54 Å². The lowest BCUT2D eigenvalue weighted by Gasteiger charge is -2.15. The number of halogens is 2. The second-order valence-electron chi connectivity index (χ2n) is 5.86. The topological polar surface area (TPSA) is 83.1 Å². The molecule has 1 aromatic heterocycles. The average Bonchev–Trinajstić information content (AvgIpc) is 3.02. The Kier molecular flexibility index (Phi) is 6.15. The molecule has 0 aliphatic carbocycles. The van der Waals surface area contributed by atoms with E-state index in [-0.39, 0.29) is 17.3 Å². The van der Waals surface area contributed by atoms with Crippen molar-refractivity contribution in [1.82, 2.24) is 14.8 Å². The highest BCUT2D eigenvalue weighted by molar-refractivity contribution is 7.99. The molecule has 28 heavy (non-hydrogen) atoms. The SMILES string of the molecule is COc1ccc([C@H](C[N+](=O)[O-])Sc2nnc(C)n2-c2ccc(F)cc2)cc1Cl. The van der Waals surface area contributed by atoms with Crippen LogP contribution in [0.5, 0.6) is 5.75 Å². The minimum atomic E-state index is -0.554. The predicted molar refractivity (Wildman–Crippen MR) is 105 cm³/mol. The lowest BCUT2D eigenvalue weighted by molar-refractivity contribution is -0.479. The Morgan fingerprint density at radius 3 is 2.61 bits per heavy atom. The molecule has 1 heterocycles. The van der Waals surface area contributed by atoms with E-state index in [0.717, 1.165) is 0 Å². The van der Waals surface area contributed by atoms with E-state index in [2.05, 4.69) is 10.2 Å². The molecule has 10 heteroatoms. The number of hydrogen-bond acceptors (Lipinski definition) is 6. The van der Waals surface area contributed by atoms with E-state index in [1.54, 1.807) is 41.8 Å². The third-order valence-corrected chi connectivity index (χ3v) is 5.47. The number of thioether (sulfide) groups is 1. The van der Waals surface area contributed by atoms with Gasteiger partial charge in [0, 0.05) is 10.6 Å². The fourth-order valence-electron chi connectivity index (χ4n) is 2.66. The standard InChI is InChI=1S/C18H16ClFN4O3S/c1-11-21-22-18(24(11)14-6-4-13(20)5-7-14)28-17(10-23(25)26)12-3-8-16(27-2)15(19)9-12/h3-9,17H,10H2,1-2H3/t17-/m0/s1. The fourth-order valence-corrected chi connectivity index (χ4v) is 4.09. The van der Waals surface area contributed by atoms with Crippen LogP contribution >= 0.6 is 23.4 Å². The van der Waals surface area contributed by atoms with Gasteiger partial charge in [-0.25, -0.2) is 4.39 Å². The van der Waals surface area contributed by atoms with Crippen LogP contribution in [-0.2, 0) is 0 Å². The van der Waals surface area contributed by atoms with Crippen molar-refractivity contribution in [3.8, 4) is 11.4 Å². The highest BCUT2D eigenvalue weighted by Crippen LogP contribution is 2.38. The molecule has 0 N–H and O–H groups in total. The van der Waals surface area contributed by atoms with Gasteiger partial charge < -0.3 is 4.74 Å². The van der Waals surface area contributed by atoms with Gasteiger partial charge >= 0.3 is 0 Å². The molecule has 0 aliphatic rings. The van der Waals surface area contributed by atoms with Crippen molar-refractivity contribution in [3.05, 3.63) is 74.8 Å². The highest BCUT2D eigenvalue weighted by Gasteiger charge is 2.24. The Morgan fingerprint density at radius 2 is 2.00 bits per heavy atom. The molecule has 0 bridgehead atoms. The summed E-state index contributed by atoms with van der Waals surface area (Å²) in [4.78, 5) is 10.8. The van der Waals surface area contributed by atoms with Crippen LogP contribution in [0.1, 0.15) is 16.6 Å². The van der Waals surface area contributed by atoms with Gasteiger partial charge in [-0.2, -0.15) is 0 Å². The number of aryl methyl sites for hydroxylation is 1. The summed E-state index contributed by atoms with van der Waals surface area (Å²) in [5.41, 5.74) is 1.33. The summed E-state index contributed by atoms with van der Waals surface area (Å²) in [5, 5.41) is 19.7. The second-order valence-corrected chi connectivity index (χ2v) is 7.43. The van der Waals surface area contributed by atoms with Gasteiger partial charge in [-0.3, -0.25) is 14.7 Å². The zero-order chi connectivity index (χ0) is 20.3. The predicted octanol–water partition coefficient (Wildman–Crippen LogP) is 4.49.